The Bertz CT molecular complexity index is 778. The van der Waals surface area contributed by atoms with Crippen molar-refractivity contribution in [2.75, 3.05) is 33.2 Å². The largest absolute Gasteiger partial charge is 0.496 e. The standard InChI is InChI=1S/C17H20N2O3/c1-18(2)11-9-13-17-12(7-8-19(13)16(20)10-11)14(21-3)5-6-15(17)22-4/h5-6,9-10H,7-8H2,1-4H3. The topological polar surface area (TPSA) is 43.7 Å². The second kappa shape index (κ2) is 5.40. The molecule has 0 atom stereocenters. The molecule has 3 rings (SSSR count). The van der Waals surface area contributed by atoms with Crippen LogP contribution in [-0.2, 0) is 13.0 Å². The fraction of sp³-hybridized carbons (Fsp3) is 0.353. The van der Waals surface area contributed by atoms with Gasteiger partial charge in [-0.25, -0.2) is 0 Å². The average molecular weight is 300 g/mol. The lowest BCUT2D eigenvalue weighted by atomic mass is 9.95. The van der Waals surface area contributed by atoms with Crippen molar-refractivity contribution in [3.05, 3.63) is 40.2 Å². The third-order valence-electron chi connectivity index (χ3n) is 4.14. The van der Waals surface area contributed by atoms with Gasteiger partial charge in [-0.1, -0.05) is 0 Å². The van der Waals surface area contributed by atoms with Gasteiger partial charge < -0.3 is 18.9 Å². The fourth-order valence-corrected chi connectivity index (χ4v) is 3.00. The Hall–Kier alpha value is -2.43. The number of anilines is 1. The molecule has 5 heteroatoms. The van der Waals surface area contributed by atoms with Crippen molar-refractivity contribution in [2.24, 2.45) is 0 Å². The average Bonchev–Trinajstić information content (AvgIpc) is 2.53. The van der Waals surface area contributed by atoms with E-state index in [4.69, 9.17) is 9.47 Å². The molecule has 2 aromatic rings. The van der Waals surface area contributed by atoms with Crippen molar-refractivity contribution in [3.63, 3.8) is 0 Å². The second-order valence-electron chi connectivity index (χ2n) is 5.56. The third kappa shape index (κ3) is 2.13. The highest BCUT2D eigenvalue weighted by atomic mass is 16.5. The monoisotopic (exact) mass is 300 g/mol. The van der Waals surface area contributed by atoms with E-state index < -0.39 is 0 Å². The number of benzene rings is 1. The molecule has 0 bridgehead atoms. The van der Waals surface area contributed by atoms with Gasteiger partial charge in [-0.2, -0.15) is 0 Å². The summed E-state index contributed by atoms with van der Waals surface area (Å²) in [5, 5.41) is 0. The van der Waals surface area contributed by atoms with E-state index in [1.807, 2.05) is 37.2 Å². The van der Waals surface area contributed by atoms with Crippen LogP contribution in [0.4, 0.5) is 5.69 Å². The molecule has 0 amide bonds. The number of methoxy groups -OCH3 is 2. The lowest BCUT2D eigenvalue weighted by molar-refractivity contribution is 0.396. The highest BCUT2D eigenvalue weighted by Gasteiger charge is 2.24. The van der Waals surface area contributed by atoms with Gasteiger partial charge in [-0.15, -0.1) is 0 Å². The van der Waals surface area contributed by atoms with Crippen molar-refractivity contribution in [1.82, 2.24) is 4.57 Å². The van der Waals surface area contributed by atoms with Crippen LogP contribution in [-0.4, -0.2) is 32.9 Å². The summed E-state index contributed by atoms with van der Waals surface area (Å²) in [7, 11) is 7.17. The summed E-state index contributed by atoms with van der Waals surface area (Å²) in [6.45, 7) is 0.651. The number of pyridine rings is 1. The predicted molar refractivity (Wildman–Crippen MR) is 87.3 cm³/mol. The van der Waals surface area contributed by atoms with Crippen LogP contribution in [0.5, 0.6) is 11.5 Å². The summed E-state index contributed by atoms with van der Waals surface area (Å²) in [5.74, 6) is 1.60. The Kier molecular flexibility index (Phi) is 3.56. The van der Waals surface area contributed by atoms with Gasteiger partial charge in [-0.3, -0.25) is 4.79 Å². The van der Waals surface area contributed by atoms with Gasteiger partial charge in [-0.05, 0) is 24.6 Å². The summed E-state index contributed by atoms with van der Waals surface area (Å²) in [4.78, 5) is 14.4. The Morgan fingerprint density at radius 3 is 2.41 bits per heavy atom. The Morgan fingerprint density at radius 1 is 1.09 bits per heavy atom. The molecule has 0 unspecified atom stereocenters. The van der Waals surface area contributed by atoms with E-state index in [1.165, 1.54) is 0 Å². The Morgan fingerprint density at radius 2 is 1.77 bits per heavy atom. The third-order valence-corrected chi connectivity index (χ3v) is 4.14. The maximum absolute atomic E-state index is 12.4. The predicted octanol–water partition coefficient (Wildman–Crippen LogP) is 2.15. The number of rotatable bonds is 3. The summed E-state index contributed by atoms with van der Waals surface area (Å²) in [5.41, 5.74) is 3.82. The van der Waals surface area contributed by atoms with Crippen molar-refractivity contribution < 1.29 is 9.47 Å². The molecule has 0 radical (unpaired) electrons. The number of hydrogen-bond donors (Lipinski definition) is 0. The van der Waals surface area contributed by atoms with E-state index in [9.17, 15) is 4.79 Å². The molecule has 116 valence electrons. The van der Waals surface area contributed by atoms with Crippen LogP contribution >= 0.6 is 0 Å². The van der Waals surface area contributed by atoms with Crippen LogP contribution in [0.1, 0.15) is 5.56 Å². The minimum atomic E-state index is 0.0109. The maximum Gasteiger partial charge on any atom is 0.253 e. The number of fused-ring (bicyclic) bond motifs is 3. The van der Waals surface area contributed by atoms with E-state index in [-0.39, 0.29) is 5.56 Å². The number of hydrogen-bond acceptors (Lipinski definition) is 4. The van der Waals surface area contributed by atoms with Gasteiger partial charge in [0.2, 0.25) is 0 Å². The first-order chi connectivity index (χ1) is 10.6. The SMILES string of the molecule is COc1ccc(OC)c2c1CCn1c-2cc(N(C)C)cc1=O. The van der Waals surface area contributed by atoms with Crippen molar-refractivity contribution in [3.8, 4) is 22.8 Å². The van der Waals surface area contributed by atoms with Gasteiger partial charge >= 0.3 is 0 Å². The van der Waals surface area contributed by atoms with Crippen LogP contribution in [0.15, 0.2) is 29.1 Å². The van der Waals surface area contributed by atoms with Gasteiger partial charge in [0.15, 0.2) is 0 Å². The van der Waals surface area contributed by atoms with Crippen molar-refractivity contribution >= 4 is 5.69 Å². The second-order valence-corrected chi connectivity index (χ2v) is 5.56. The lowest BCUT2D eigenvalue weighted by Gasteiger charge is -2.26. The minimum Gasteiger partial charge on any atom is -0.496 e. The smallest absolute Gasteiger partial charge is 0.253 e. The summed E-state index contributed by atoms with van der Waals surface area (Å²) < 4.78 is 12.8. The first-order valence-corrected chi connectivity index (χ1v) is 7.23. The molecule has 2 heterocycles. The highest BCUT2D eigenvalue weighted by Crippen LogP contribution is 2.41. The van der Waals surface area contributed by atoms with Gasteiger partial charge in [0, 0.05) is 43.5 Å². The quantitative estimate of drug-likeness (QED) is 0.871. The molecule has 0 N–H and O–H groups in total. The van der Waals surface area contributed by atoms with E-state index in [0.717, 1.165) is 40.4 Å². The molecule has 0 aliphatic carbocycles. The Balaban J connectivity index is 2.34. The van der Waals surface area contributed by atoms with Crippen molar-refractivity contribution in [1.29, 1.82) is 0 Å². The van der Waals surface area contributed by atoms with E-state index >= 15 is 0 Å². The first kappa shape index (κ1) is 14.5. The zero-order chi connectivity index (χ0) is 15.9. The van der Waals surface area contributed by atoms with Crippen LogP contribution in [0.3, 0.4) is 0 Å². The molecule has 1 aromatic carbocycles. The maximum atomic E-state index is 12.4. The normalized spacial score (nSPS) is 12.4. The molecule has 22 heavy (non-hydrogen) atoms. The molecular formula is C17H20N2O3. The van der Waals surface area contributed by atoms with E-state index in [2.05, 4.69) is 0 Å². The van der Waals surface area contributed by atoms with Crippen LogP contribution < -0.4 is 19.9 Å². The van der Waals surface area contributed by atoms with Crippen molar-refractivity contribution in [2.45, 2.75) is 13.0 Å². The molecule has 0 spiro atoms. The lowest BCUT2D eigenvalue weighted by Crippen LogP contribution is -2.27. The summed E-state index contributed by atoms with van der Waals surface area (Å²) in [6.07, 6.45) is 0.754. The molecule has 1 aromatic heterocycles. The van der Waals surface area contributed by atoms with Crippen LogP contribution in [0.2, 0.25) is 0 Å². The molecule has 1 aliphatic rings. The molecular weight excluding hydrogens is 280 g/mol. The first-order valence-electron chi connectivity index (χ1n) is 7.23. The number of aromatic nitrogens is 1. The van der Waals surface area contributed by atoms with E-state index in [0.29, 0.717) is 6.54 Å². The van der Waals surface area contributed by atoms with Gasteiger partial charge in [0.1, 0.15) is 11.5 Å². The fourth-order valence-electron chi connectivity index (χ4n) is 3.00. The molecule has 0 fully saturated rings. The zero-order valence-corrected chi connectivity index (χ0v) is 13.3. The summed E-state index contributed by atoms with van der Waals surface area (Å²) in [6, 6.07) is 7.50. The zero-order valence-electron chi connectivity index (χ0n) is 13.3. The van der Waals surface area contributed by atoms with Gasteiger partial charge in [0.25, 0.3) is 5.56 Å². The molecule has 0 saturated carbocycles. The number of ether oxygens (including phenoxy) is 2. The minimum absolute atomic E-state index is 0.0109. The van der Waals surface area contributed by atoms with Crippen LogP contribution in [0, 0.1) is 0 Å². The van der Waals surface area contributed by atoms with Crippen LogP contribution in [0.25, 0.3) is 11.3 Å². The van der Waals surface area contributed by atoms with Gasteiger partial charge in [0.05, 0.1) is 19.9 Å². The molecule has 0 saturated heterocycles. The number of nitrogens with zero attached hydrogens (tertiary/aromatic N) is 2. The van der Waals surface area contributed by atoms with E-state index in [1.54, 1.807) is 24.9 Å². The Labute approximate surface area is 129 Å². The molecule has 5 nitrogen and oxygen atoms in total. The highest BCUT2D eigenvalue weighted by molar-refractivity contribution is 5.77. The summed E-state index contributed by atoms with van der Waals surface area (Å²) >= 11 is 0. The molecule has 1 aliphatic heterocycles.